The van der Waals surface area contributed by atoms with Crippen molar-refractivity contribution in [2.24, 2.45) is 5.14 Å². The maximum Gasteiger partial charge on any atom is 0.317 e. The molecule has 4 rings (SSSR count). The summed E-state index contributed by atoms with van der Waals surface area (Å²) in [6.07, 6.45) is 0. The predicted molar refractivity (Wildman–Crippen MR) is 123 cm³/mol. The molecule has 0 amide bonds. The zero-order valence-electron chi connectivity index (χ0n) is 17.2. The van der Waals surface area contributed by atoms with Crippen LogP contribution in [0.4, 0.5) is 23.0 Å². The minimum atomic E-state index is -4.27. The number of fused-ring (bicyclic) bond motifs is 1. The third kappa shape index (κ3) is 4.93. The van der Waals surface area contributed by atoms with Crippen LogP contribution in [0.25, 0.3) is 11.0 Å². The first-order valence-electron chi connectivity index (χ1n) is 9.49. The zero-order valence-corrected chi connectivity index (χ0v) is 18.8. The molecule has 0 bridgehead atoms. The summed E-state index contributed by atoms with van der Waals surface area (Å²) in [4.78, 5) is 19.0. The van der Waals surface area contributed by atoms with Crippen molar-refractivity contribution in [3.05, 3.63) is 77.7 Å². The van der Waals surface area contributed by atoms with Crippen LogP contribution in [0.3, 0.4) is 0 Å². The fourth-order valence-electron chi connectivity index (χ4n) is 3.00. The summed E-state index contributed by atoms with van der Waals surface area (Å²) >= 11 is 0. The Hall–Kier alpha value is -4.14. The monoisotopic (exact) mass is 501 g/mol. The van der Waals surface area contributed by atoms with Gasteiger partial charge >= 0.3 is 5.69 Å². The number of rotatable bonds is 7. The molecule has 0 aliphatic rings. The highest BCUT2D eigenvalue weighted by molar-refractivity contribution is 7.92. The quantitative estimate of drug-likeness (QED) is 0.276. The van der Waals surface area contributed by atoms with Crippen molar-refractivity contribution in [1.29, 1.82) is 0 Å². The summed E-state index contributed by atoms with van der Waals surface area (Å²) in [5.74, 6) is -0.203. The molecular formula is C20H17N6O6S2+. The first-order chi connectivity index (χ1) is 16.0. The topological polar surface area (TPSA) is 184 Å². The molecule has 0 saturated heterocycles. The summed E-state index contributed by atoms with van der Waals surface area (Å²) in [5, 5.41) is 17.1. The number of nitrogens with zero attached hydrogens (tertiary/aromatic N) is 3. The van der Waals surface area contributed by atoms with E-state index < -0.39 is 25.0 Å². The first kappa shape index (κ1) is 23.0. The summed E-state index contributed by atoms with van der Waals surface area (Å²) in [6, 6.07) is 17.0. The standard InChI is InChI=1S/C20H17N6O6S2/c21-33(29,30)15-7-3-5-13(11-15)22-19-20(24-18-10-2-1-9-17(18)23-19)25-34(31,32)16-8-4-6-14(12-16)26(27)28/h1-12H,(H,22,23)(H,24,25)(H,27,28)(H2,21,29,30)/q+1. The summed E-state index contributed by atoms with van der Waals surface area (Å²) in [7, 11) is -8.25. The third-order valence-electron chi connectivity index (χ3n) is 4.58. The van der Waals surface area contributed by atoms with Crippen molar-refractivity contribution in [2.45, 2.75) is 9.79 Å². The molecule has 174 valence electrons. The van der Waals surface area contributed by atoms with Crippen molar-refractivity contribution >= 4 is 54.1 Å². The number of benzene rings is 3. The Kier molecular flexibility index (Phi) is 5.87. The van der Waals surface area contributed by atoms with Crippen LogP contribution in [0.15, 0.2) is 82.6 Å². The number of hydrogen-bond donors (Lipinski definition) is 4. The lowest BCUT2D eigenvalue weighted by molar-refractivity contribution is -0.729. The normalized spacial score (nSPS) is 11.8. The molecule has 3 aromatic carbocycles. The predicted octanol–water partition coefficient (Wildman–Crippen LogP) is 2.62. The number of para-hydroxylation sites is 2. The van der Waals surface area contributed by atoms with Gasteiger partial charge in [-0.25, -0.2) is 37.1 Å². The summed E-state index contributed by atoms with van der Waals surface area (Å²) in [6.45, 7) is 0. The zero-order chi connectivity index (χ0) is 24.5. The van der Waals surface area contributed by atoms with Crippen LogP contribution in [0, 0.1) is 4.91 Å². The van der Waals surface area contributed by atoms with E-state index in [9.17, 15) is 21.7 Å². The Morgan fingerprint density at radius 2 is 1.41 bits per heavy atom. The Balaban J connectivity index is 1.79. The number of anilines is 3. The highest BCUT2D eigenvalue weighted by Crippen LogP contribution is 2.28. The third-order valence-corrected chi connectivity index (χ3v) is 6.82. The highest BCUT2D eigenvalue weighted by atomic mass is 32.2. The van der Waals surface area contributed by atoms with Gasteiger partial charge in [-0.2, -0.15) is 0 Å². The lowest BCUT2D eigenvalue weighted by atomic mass is 10.3. The second-order valence-electron chi connectivity index (χ2n) is 6.98. The van der Waals surface area contributed by atoms with E-state index in [0.29, 0.717) is 11.0 Å². The fourth-order valence-corrected chi connectivity index (χ4v) is 4.61. The van der Waals surface area contributed by atoms with Gasteiger partial charge in [0.05, 0.1) is 25.7 Å². The van der Waals surface area contributed by atoms with Gasteiger partial charge in [0.2, 0.25) is 10.0 Å². The second-order valence-corrected chi connectivity index (χ2v) is 10.2. The van der Waals surface area contributed by atoms with Gasteiger partial charge in [-0.05, 0) is 36.4 Å². The molecule has 4 aromatic rings. The molecular weight excluding hydrogens is 484 g/mol. The van der Waals surface area contributed by atoms with E-state index in [2.05, 4.69) is 20.0 Å². The van der Waals surface area contributed by atoms with E-state index in [1.807, 2.05) is 0 Å². The molecule has 0 spiro atoms. The van der Waals surface area contributed by atoms with Crippen molar-refractivity contribution in [3.63, 3.8) is 0 Å². The van der Waals surface area contributed by atoms with Crippen LogP contribution in [0.2, 0.25) is 0 Å². The van der Waals surface area contributed by atoms with E-state index in [4.69, 9.17) is 10.3 Å². The van der Waals surface area contributed by atoms with E-state index in [1.165, 1.54) is 42.5 Å². The average Bonchev–Trinajstić information content (AvgIpc) is 2.79. The van der Waals surface area contributed by atoms with E-state index in [1.54, 1.807) is 24.3 Å². The molecule has 0 aliphatic heterocycles. The first-order valence-corrected chi connectivity index (χ1v) is 12.5. The smallest absolute Gasteiger partial charge is 0.317 e. The Morgan fingerprint density at radius 3 is 2.06 bits per heavy atom. The number of primary sulfonamides is 1. The van der Waals surface area contributed by atoms with E-state index >= 15 is 0 Å². The molecule has 0 fully saturated rings. The van der Waals surface area contributed by atoms with Gasteiger partial charge in [0.15, 0.2) is 11.6 Å². The van der Waals surface area contributed by atoms with Gasteiger partial charge in [-0.1, -0.05) is 24.3 Å². The van der Waals surface area contributed by atoms with Crippen LogP contribution in [-0.2, 0) is 20.0 Å². The van der Waals surface area contributed by atoms with Gasteiger partial charge in [0.1, 0.15) is 0 Å². The Labute approximate surface area is 193 Å². The van der Waals surface area contributed by atoms with Crippen LogP contribution >= 0.6 is 0 Å². The van der Waals surface area contributed by atoms with Gasteiger partial charge in [-0.3, -0.25) is 4.72 Å². The fraction of sp³-hybridized carbons (Fsp3) is 0. The summed E-state index contributed by atoms with van der Waals surface area (Å²) < 4.78 is 51.7. The molecule has 0 saturated carbocycles. The molecule has 0 atom stereocenters. The highest BCUT2D eigenvalue weighted by Gasteiger charge is 2.22. The number of nitrogens with one attached hydrogen (secondary N) is 2. The molecule has 12 nitrogen and oxygen atoms in total. The number of hydrogen-bond acceptors (Lipinski definition) is 8. The van der Waals surface area contributed by atoms with Crippen LogP contribution in [0.1, 0.15) is 0 Å². The van der Waals surface area contributed by atoms with Crippen LogP contribution in [-0.4, -0.2) is 36.9 Å². The SMILES string of the molecule is NS(=O)(=O)c1cccc(Nc2nc3ccccc3nc2NS(=O)(=O)c2cccc([N+](=O)O)c2)c1. The van der Waals surface area contributed by atoms with Crippen molar-refractivity contribution in [1.82, 2.24) is 9.97 Å². The lowest BCUT2D eigenvalue weighted by Gasteiger charge is -2.14. The van der Waals surface area contributed by atoms with Gasteiger partial charge < -0.3 is 5.32 Å². The van der Waals surface area contributed by atoms with Crippen molar-refractivity contribution in [2.75, 3.05) is 10.0 Å². The number of nitrogens with two attached hydrogens (primary N) is 1. The second kappa shape index (κ2) is 8.66. The molecule has 1 heterocycles. The maximum absolute atomic E-state index is 13.0. The van der Waals surface area contributed by atoms with Crippen LogP contribution in [0.5, 0.6) is 0 Å². The molecule has 0 radical (unpaired) electrons. The van der Waals surface area contributed by atoms with E-state index in [-0.39, 0.29) is 32.8 Å². The molecule has 0 unspecified atom stereocenters. The average molecular weight is 502 g/mol. The minimum Gasteiger partial charge on any atom is -0.337 e. The molecule has 14 heteroatoms. The van der Waals surface area contributed by atoms with Crippen molar-refractivity contribution in [3.8, 4) is 0 Å². The van der Waals surface area contributed by atoms with Gasteiger partial charge in [-0.15, -0.1) is 0 Å². The summed E-state index contributed by atoms with van der Waals surface area (Å²) in [5.41, 5.74) is 0.810. The largest absolute Gasteiger partial charge is 0.337 e. The lowest BCUT2D eigenvalue weighted by Crippen LogP contribution is -2.16. The van der Waals surface area contributed by atoms with E-state index in [0.717, 1.165) is 6.07 Å². The number of aromatic nitrogens is 2. The Morgan fingerprint density at radius 1 is 0.794 bits per heavy atom. The van der Waals surface area contributed by atoms with Crippen molar-refractivity contribution < 1.29 is 27.0 Å². The van der Waals surface area contributed by atoms with Crippen LogP contribution < -0.4 is 15.2 Å². The molecule has 0 aliphatic carbocycles. The Bertz CT molecular complexity index is 1640. The molecule has 34 heavy (non-hydrogen) atoms. The minimum absolute atomic E-state index is 0.0161. The maximum atomic E-state index is 13.0. The van der Waals surface area contributed by atoms with Gasteiger partial charge in [0, 0.05) is 17.8 Å². The molecule has 1 aromatic heterocycles. The van der Waals surface area contributed by atoms with Gasteiger partial charge in [0.25, 0.3) is 14.9 Å². The number of sulfonamides is 2. The molecule has 5 N–H and O–H groups in total.